The van der Waals surface area contributed by atoms with Gasteiger partial charge in [-0.15, -0.1) is 0 Å². The lowest BCUT2D eigenvalue weighted by Gasteiger charge is -2.26. The second-order valence-electron chi connectivity index (χ2n) is 13.2. The largest absolute Gasteiger partial charge is 0.454 e. The highest BCUT2D eigenvalue weighted by Crippen LogP contribution is 2.44. The van der Waals surface area contributed by atoms with Crippen molar-refractivity contribution in [2.75, 3.05) is 4.90 Å². The Morgan fingerprint density at radius 1 is 0.404 bits per heavy atom. The first kappa shape index (κ1) is 29.9. The summed E-state index contributed by atoms with van der Waals surface area (Å²) < 4.78 is 6.74. The summed E-state index contributed by atoms with van der Waals surface area (Å²) in [5.74, 6) is 0. The lowest BCUT2D eigenvalue weighted by Crippen LogP contribution is -2.10. The smallest absolute Gasteiger partial charge is 0.159 e. The number of furan rings is 1. The Labute approximate surface area is 301 Å². The third-order valence-corrected chi connectivity index (χ3v) is 10.2. The fraction of sp³-hybridized carbons (Fsp3) is 0. The van der Waals surface area contributed by atoms with Gasteiger partial charge in [0.2, 0.25) is 0 Å². The third kappa shape index (κ3) is 5.10. The van der Waals surface area contributed by atoms with Gasteiger partial charge < -0.3 is 9.32 Å². The fourth-order valence-electron chi connectivity index (χ4n) is 7.61. The zero-order valence-corrected chi connectivity index (χ0v) is 28.3. The maximum absolute atomic E-state index is 6.74. The highest BCUT2D eigenvalue weighted by Gasteiger charge is 2.20. The van der Waals surface area contributed by atoms with E-state index in [1.807, 2.05) is 18.5 Å². The molecule has 0 bridgehead atoms. The van der Waals surface area contributed by atoms with E-state index in [0.717, 1.165) is 49.8 Å². The Morgan fingerprint density at radius 2 is 0.962 bits per heavy atom. The highest BCUT2D eigenvalue weighted by molar-refractivity contribution is 6.13. The SMILES string of the molecule is c1ccc(-c2ccc(N(c3ccc(-c4ccc(-c5ccccc5)c5ccccc45)cc3)c3cccc4c3oc3cc5ccncc5cc34)cc2)cc1. The molecule has 2 aromatic heterocycles. The number of aromatic nitrogens is 1. The Morgan fingerprint density at radius 3 is 1.63 bits per heavy atom. The molecule has 52 heavy (non-hydrogen) atoms. The molecule has 244 valence electrons. The Bertz CT molecular complexity index is 2880. The van der Waals surface area contributed by atoms with Crippen molar-refractivity contribution < 1.29 is 4.42 Å². The maximum Gasteiger partial charge on any atom is 0.159 e. The van der Waals surface area contributed by atoms with Crippen LogP contribution in [-0.2, 0) is 0 Å². The number of fused-ring (bicyclic) bond motifs is 5. The van der Waals surface area contributed by atoms with Crippen molar-refractivity contribution in [3.63, 3.8) is 0 Å². The van der Waals surface area contributed by atoms with Crippen LogP contribution in [0.3, 0.4) is 0 Å². The van der Waals surface area contributed by atoms with Gasteiger partial charge in [-0.2, -0.15) is 0 Å². The molecular formula is C49H32N2O. The summed E-state index contributed by atoms with van der Waals surface area (Å²) >= 11 is 0. The van der Waals surface area contributed by atoms with Crippen LogP contribution in [0.15, 0.2) is 199 Å². The van der Waals surface area contributed by atoms with Crippen LogP contribution in [0.5, 0.6) is 0 Å². The first-order valence-electron chi connectivity index (χ1n) is 17.6. The minimum atomic E-state index is 0.847. The number of benzene rings is 8. The van der Waals surface area contributed by atoms with Gasteiger partial charge in [0.25, 0.3) is 0 Å². The number of pyridine rings is 1. The van der Waals surface area contributed by atoms with Gasteiger partial charge in [-0.25, -0.2) is 0 Å². The average Bonchev–Trinajstić information content (AvgIpc) is 3.59. The monoisotopic (exact) mass is 664 g/mol. The van der Waals surface area contributed by atoms with Crippen LogP contribution in [0.1, 0.15) is 0 Å². The van der Waals surface area contributed by atoms with Crippen molar-refractivity contribution in [1.82, 2.24) is 4.98 Å². The second-order valence-corrected chi connectivity index (χ2v) is 13.2. The van der Waals surface area contributed by atoms with Crippen molar-refractivity contribution in [2.24, 2.45) is 0 Å². The summed E-state index contributed by atoms with van der Waals surface area (Å²) in [6.07, 6.45) is 3.74. The number of hydrogen-bond donors (Lipinski definition) is 0. The van der Waals surface area contributed by atoms with E-state index in [4.69, 9.17) is 4.42 Å². The molecule has 0 aliphatic heterocycles. The molecule has 0 radical (unpaired) electrons. The van der Waals surface area contributed by atoms with E-state index in [2.05, 4.69) is 186 Å². The maximum atomic E-state index is 6.74. The number of para-hydroxylation sites is 1. The van der Waals surface area contributed by atoms with E-state index in [9.17, 15) is 0 Å². The second kappa shape index (κ2) is 12.4. The quantitative estimate of drug-likeness (QED) is 0.177. The molecule has 0 aliphatic rings. The lowest BCUT2D eigenvalue weighted by atomic mass is 9.92. The molecule has 3 heteroatoms. The molecule has 0 saturated heterocycles. The van der Waals surface area contributed by atoms with Crippen molar-refractivity contribution >= 4 is 60.5 Å². The minimum absolute atomic E-state index is 0.847. The minimum Gasteiger partial charge on any atom is -0.454 e. The summed E-state index contributed by atoms with van der Waals surface area (Å²) in [4.78, 5) is 6.67. The predicted octanol–water partition coefficient (Wildman–Crippen LogP) is 13.8. The summed E-state index contributed by atoms with van der Waals surface area (Å²) in [6.45, 7) is 0. The predicted molar refractivity (Wildman–Crippen MR) is 218 cm³/mol. The highest BCUT2D eigenvalue weighted by atomic mass is 16.3. The topological polar surface area (TPSA) is 29.3 Å². The third-order valence-electron chi connectivity index (χ3n) is 10.2. The number of hydrogen-bond acceptors (Lipinski definition) is 3. The Kier molecular flexibility index (Phi) is 7.14. The van der Waals surface area contributed by atoms with E-state index in [0.29, 0.717) is 0 Å². The van der Waals surface area contributed by atoms with Crippen LogP contribution in [-0.4, -0.2) is 4.98 Å². The molecule has 3 nitrogen and oxygen atoms in total. The van der Waals surface area contributed by atoms with Gasteiger partial charge in [-0.3, -0.25) is 4.98 Å². The fourth-order valence-corrected chi connectivity index (χ4v) is 7.61. The number of nitrogens with zero attached hydrogens (tertiary/aromatic N) is 2. The molecule has 10 rings (SSSR count). The van der Waals surface area contributed by atoms with Crippen LogP contribution < -0.4 is 4.90 Å². The molecule has 10 aromatic rings. The van der Waals surface area contributed by atoms with Crippen LogP contribution >= 0.6 is 0 Å². The molecule has 0 N–H and O–H groups in total. The van der Waals surface area contributed by atoms with Crippen LogP contribution in [0, 0.1) is 0 Å². The molecular weight excluding hydrogens is 633 g/mol. The number of rotatable bonds is 6. The first-order valence-corrected chi connectivity index (χ1v) is 17.6. The van der Waals surface area contributed by atoms with Gasteiger partial charge >= 0.3 is 0 Å². The van der Waals surface area contributed by atoms with Gasteiger partial charge in [-0.05, 0) is 98.1 Å². The molecule has 0 spiro atoms. The van der Waals surface area contributed by atoms with Crippen molar-refractivity contribution in [3.05, 3.63) is 194 Å². The van der Waals surface area contributed by atoms with Gasteiger partial charge in [0.05, 0.1) is 5.69 Å². The van der Waals surface area contributed by atoms with E-state index >= 15 is 0 Å². The van der Waals surface area contributed by atoms with Crippen LogP contribution in [0.4, 0.5) is 17.1 Å². The van der Waals surface area contributed by atoms with E-state index in [1.54, 1.807) is 0 Å². The normalized spacial score (nSPS) is 11.5. The molecule has 8 aromatic carbocycles. The summed E-state index contributed by atoms with van der Waals surface area (Å²) in [6, 6.07) is 64.9. The summed E-state index contributed by atoms with van der Waals surface area (Å²) in [5.41, 5.74) is 12.0. The Hall–Kier alpha value is -6.97. The molecule has 0 unspecified atom stereocenters. The van der Waals surface area contributed by atoms with Gasteiger partial charge in [0.1, 0.15) is 5.58 Å². The molecule has 0 amide bonds. The standard InChI is InChI=1S/C49H32N2O/c1-3-10-33(11-4-1)34-18-22-39(23-19-34)51(47-17-9-16-45-46-30-38-32-50-29-28-37(38)31-48(46)52-49(45)47)40-24-20-36(21-25-40)42-27-26-41(35-12-5-2-6-13-35)43-14-7-8-15-44(42)43/h1-32H. The molecule has 0 atom stereocenters. The van der Waals surface area contributed by atoms with Crippen LogP contribution in [0.25, 0.3) is 76.9 Å². The zero-order valence-electron chi connectivity index (χ0n) is 28.3. The summed E-state index contributed by atoms with van der Waals surface area (Å²) in [5, 5.41) is 6.84. The van der Waals surface area contributed by atoms with Gasteiger partial charge in [0, 0.05) is 39.9 Å². The molecule has 0 saturated carbocycles. The van der Waals surface area contributed by atoms with Crippen molar-refractivity contribution in [1.29, 1.82) is 0 Å². The Balaban J connectivity index is 1.12. The van der Waals surface area contributed by atoms with E-state index in [1.165, 1.54) is 44.2 Å². The molecule has 2 heterocycles. The summed E-state index contributed by atoms with van der Waals surface area (Å²) in [7, 11) is 0. The zero-order chi connectivity index (χ0) is 34.4. The van der Waals surface area contributed by atoms with Crippen molar-refractivity contribution in [3.8, 4) is 33.4 Å². The van der Waals surface area contributed by atoms with Gasteiger partial charge in [-0.1, -0.05) is 133 Å². The average molecular weight is 665 g/mol. The van der Waals surface area contributed by atoms with E-state index in [-0.39, 0.29) is 0 Å². The molecule has 0 aliphatic carbocycles. The number of anilines is 3. The van der Waals surface area contributed by atoms with Gasteiger partial charge in [0.15, 0.2) is 5.58 Å². The lowest BCUT2D eigenvalue weighted by molar-refractivity contribution is 0.669. The molecule has 0 fully saturated rings. The van der Waals surface area contributed by atoms with Crippen LogP contribution in [0.2, 0.25) is 0 Å². The first-order chi connectivity index (χ1) is 25.8. The van der Waals surface area contributed by atoms with E-state index < -0.39 is 0 Å². The van der Waals surface area contributed by atoms with Crippen molar-refractivity contribution in [2.45, 2.75) is 0 Å².